The summed E-state index contributed by atoms with van der Waals surface area (Å²) in [5.41, 5.74) is -0.324. The third kappa shape index (κ3) is 1.31. The summed E-state index contributed by atoms with van der Waals surface area (Å²) in [5.74, 6) is 0.229. The monoisotopic (exact) mass is 226 g/mol. The van der Waals surface area contributed by atoms with Crippen LogP contribution < -0.4 is 0 Å². The second-order valence-electron chi connectivity index (χ2n) is 6.72. The van der Waals surface area contributed by atoms with Crippen LogP contribution in [0.5, 0.6) is 0 Å². The van der Waals surface area contributed by atoms with E-state index in [1.807, 2.05) is 13.8 Å². The lowest BCUT2D eigenvalue weighted by Crippen LogP contribution is -2.46. The first-order chi connectivity index (χ1) is 7.24. The van der Waals surface area contributed by atoms with Gasteiger partial charge in [0, 0.05) is 0 Å². The molecule has 3 aliphatic rings. The van der Waals surface area contributed by atoms with Crippen molar-refractivity contribution in [1.29, 1.82) is 0 Å². The molecule has 0 amide bonds. The fraction of sp³-hybridized carbons (Fsp3) is 1.00. The highest BCUT2D eigenvalue weighted by Crippen LogP contribution is 2.56. The van der Waals surface area contributed by atoms with Crippen LogP contribution in [0.1, 0.15) is 47.5 Å². The Morgan fingerprint density at radius 2 is 1.31 bits per heavy atom. The number of hydrogen-bond acceptors (Lipinski definition) is 3. The predicted molar refractivity (Wildman–Crippen MR) is 60.1 cm³/mol. The lowest BCUT2D eigenvalue weighted by atomic mass is 9.86. The molecule has 1 unspecified atom stereocenters. The molecule has 3 saturated heterocycles. The minimum atomic E-state index is -0.456. The van der Waals surface area contributed by atoms with E-state index < -0.39 is 5.79 Å². The third-order valence-corrected chi connectivity index (χ3v) is 4.27. The summed E-state index contributed by atoms with van der Waals surface area (Å²) < 4.78 is 18.4. The molecule has 0 aromatic heterocycles. The molecule has 3 nitrogen and oxygen atoms in total. The van der Waals surface area contributed by atoms with E-state index in [0.29, 0.717) is 5.92 Å². The summed E-state index contributed by atoms with van der Waals surface area (Å²) in [7, 11) is 0. The van der Waals surface area contributed by atoms with Gasteiger partial charge in [0.25, 0.3) is 0 Å². The van der Waals surface area contributed by atoms with Gasteiger partial charge in [0.1, 0.15) is 12.2 Å². The number of rotatable bonds is 0. The third-order valence-electron chi connectivity index (χ3n) is 4.27. The summed E-state index contributed by atoms with van der Waals surface area (Å²) in [5, 5.41) is 0. The Hall–Kier alpha value is -0.120. The van der Waals surface area contributed by atoms with Gasteiger partial charge in [-0.05, 0) is 46.5 Å². The van der Waals surface area contributed by atoms with E-state index in [9.17, 15) is 0 Å². The maximum absolute atomic E-state index is 6.25. The van der Waals surface area contributed by atoms with Gasteiger partial charge >= 0.3 is 0 Å². The van der Waals surface area contributed by atoms with Crippen molar-refractivity contribution in [3.05, 3.63) is 0 Å². The van der Waals surface area contributed by atoms with E-state index in [-0.39, 0.29) is 23.4 Å². The van der Waals surface area contributed by atoms with Gasteiger partial charge in [0.2, 0.25) is 0 Å². The normalized spacial score (nSPS) is 58.7. The van der Waals surface area contributed by atoms with Gasteiger partial charge in [-0.2, -0.15) is 0 Å². The van der Waals surface area contributed by atoms with Crippen LogP contribution in [0.2, 0.25) is 0 Å². The van der Waals surface area contributed by atoms with Crippen molar-refractivity contribution in [2.75, 3.05) is 0 Å². The molecule has 3 heteroatoms. The van der Waals surface area contributed by atoms with Gasteiger partial charge in [-0.15, -0.1) is 0 Å². The van der Waals surface area contributed by atoms with Crippen LogP contribution in [0.3, 0.4) is 0 Å². The van der Waals surface area contributed by atoms with Crippen LogP contribution in [-0.2, 0) is 14.2 Å². The van der Waals surface area contributed by atoms with E-state index in [2.05, 4.69) is 20.8 Å². The van der Waals surface area contributed by atoms with Crippen molar-refractivity contribution in [1.82, 2.24) is 0 Å². The molecule has 5 atom stereocenters. The minimum absolute atomic E-state index is 0.0949. The van der Waals surface area contributed by atoms with Gasteiger partial charge in [-0.3, -0.25) is 0 Å². The van der Waals surface area contributed by atoms with Crippen LogP contribution in [0.4, 0.5) is 0 Å². The zero-order valence-electron chi connectivity index (χ0n) is 10.9. The summed E-state index contributed by atoms with van der Waals surface area (Å²) in [4.78, 5) is 0. The Labute approximate surface area is 97.4 Å². The lowest BCUT2D eigenvalue weighted by molar-refractivity contribution is -0.245. The first kappa shape index (κ1) is 11.0. The second kappa shape index (κ2) is 2.82. The fourth-order valence-electron chi connectivity index (χ4n) is 4.07. The maximum Gasteiger partial charge on any atom is 0.164 e. The molecular formula is C13H22O3. The smallest absolute Gasteiger partial charge is 0.164 e. The molecule has 0 N–H and O–H groups in total. The largest absolute Gasteiger partial charge is 0.363 e. The summed E-state index contributed by atoms with van der Waals surface area (Å²) in [6, 6.07) is 0. The summed E-state index contributed by atoms with van der Waals surface area (Å²) in [6.07, 6.45) is 2.33. The van der Waals surface area contributed by atoms with Crippen molar-refractivity contribution in [3.8, 4) is 0 Å². The molecule has 3 rings (SSSR count). The zero-order valence-corrected chi connectivity index (χ0v) is 10.9. The first-order valence-corrected chi connectivity index (χ1v) is 6.30. The summed E-state index contributed by atoms with van der Waals surface area (Å²) >= 11 is 0. The Morgan fingerprint density at radius 3 is 1.75 bits per heavy atom. The molecule has 0 aromatic carbocycles. The van der Waals surface area contributed by atoms with Crippen molar-refractivity contribution in [3.63, 3.8) is 0 Å². The number of hydrogen-bond donors (Lipinski definition) is 0. The maximum atomic E-state index is 6.25. The highest BCUT2D eigenvalue weighted by Gasteiger charge is 2.67. The van der Waals surface area contributed by atoms with Crippen LogP contribution >= 0.6 is 0 Å². The van der Waals surface area contributed by atoms with Crippen LogP contribution in [-0.4, -0.2) is 29.2 Å². The molecule has 0 aliphatic carbocycles. The average Bonchev–Trinajstić information content (AvgIpc) is 2.45. The fourth-order valence-corrected chi connectivity index (χ4v) is 4.07. The highest BCUT2D eigenvalue weighted by atomic mass is 16.8. The molecule has 3 aliphatic heterocycles. The van der Waals surface area contributed by atoms with Crippen LogP contribution in [0.25, 0.3) is 0 Å². The lowest BCUT2D eigenvalue weighted by Gasteiger charge is -2.42. The Bertz CT molecular complexity index is 299. The molecule has 0 saturated carbocycles. The zero-order chi connectivity index (χ0) is 11.8. The number of fused-ring (bicyclic) bond motifs is 5. The minimum Gasteiger partial charge on any atom is -0.363 e. The van der Waals surface area contributed by atoms with Gasteiger partial charge in [-0.1, -0.05) is 6.92 Å². The van der Waals surface area contributed by atoms with Crippen molar-refractivity contribution in [2.45, 2.75) is 76.7 Å². The average molecular weight is 226 g/mol. The molecule has 0 spiro atoms. The van der Waals surface area contributed by atoms with E-state index in [1.165, 1.54) is 0 Å². The molecule has 92 valence electrons. The molecule has 0 aromatic rings. The topological polar surface area (TPSA) is 27.7 Å². The van der Waals surface area contributed by atoms with Crippen molar-refractivity contribution >= 4 is 0 Å². The van der Waals surface area contributed by atoms with E-state index in [1.54, 1.807) is 0 Å². The van der Waals surface area contributed by atoms with Crippen LogP contribution in [0, 0.1) is 5.92 Å². The Balaban J connectivity index is 1.99. The SMILES string of the molecule is CC1C[C@@]2(C)O[C@@](C)(C1)[C@@H]1OC(C)(C)O[C@@H]12. The van der Waals surface area contributed by atoms with Crippen LogP contribution in [0.15, 0.2) is 0 Å². The van der Waals surface area contributed by atoms with Crippen molar-refractivity contribution < 1.29 is 14.2 Å². The molecule has 0 radical (unpaired) electrons. The molecule has 3 heterocycles. The van der Waals surface area contributed by atoms with E-state index >= 15 is 0 Å². The molecule has 2 bridgehead atoms. The van der Waals surface area contributed by atoms with E-state index in [0.717, 1.165) is 12.8 Å². The van der Waals surface area contributed by atoms with E-state index in [4.69, 9.17) is 14.2 Å². The van der Waals surface area contributed by atoms with Gasteiger partial charge in [0.05, 0.1) is 11.2 Å². The van der Waals surface area contributed by atoms with Gasteiger partial charge in [-0.25, -0.2) is 0 Å². The Kier molecular flexibility index (Phi) is 1.94. The standard InChI is InChI=1S/C13H22O3/c1-8-6-12(4)9-10(13(5,7-8)16-12)15-11(2,3)14-9/h8-10H,6-7H2,1-5H3/t8?,9-,10+,12+,13-. The Morgan fingerprint density at radius 1 is 0.875 bits per heavy atom. The second-order valence-corrected chi connectivity index (χ2v) is 6.72. The van der Waals surface area contributed by atoms with Gasteiger partial charge < -0.3 is 14.2 Å². The quantitative estimate of drug-likeness (QED) is 0.635. The first-order valence-electron chi connectivity index (χ1n) is 6.30. The molecule has 3 fully saturated rings. The molecular weight excluding hydrogens is 204 g/mol. The number of ether oxygens (including phenoxy) is 3. The summed E-state index contributed by atoms with van der Waals surface area (Å²) in [6.45, 7) is 10.6. The van der Waals surface area contributed by atoms with Crippen molar-refractivity contribution in [2.24, 2.45) is 5.92 Å². The highest BCUT2D eigenvalue weighted by molar-refractivity contribution is 5.14. The molecule has 16 heavy (non-hydrogen) atoms. The predicted octanol–water partition coefficient (Wildman–Crippen LogP) is 2.48. The van der Waals surface area contributed by atoms with Gasteiger partial charge in [0.15, 0.2) is 5.79 Å².